The van der Waals surface area contributed by atoms with E-state index in [-0.39, 0.29) is 6.10 Å². The Morgan fingerprint density at radius 2 is 1.66 bits per heavy atom. The lowest BCUT2D eigenvalue weighted by atomic mass is 9.93. The van der Waals surface area contributed by atoms with E-state index in [9.17, 15) is 5.11 Å². The number of piperazine rings is 1. The SMILES string of the molecule is CCCCNc1ncc2c(-c3ccc([C@H](C)N4CCN(C(C)C)CC4)cc3)cn(C3CCC(O)CC3)c2n1. The molecule has 1 aliphatic heterocycles. The van der Waals surface area contributed by atoms with Gasteiger partial charge in [0, 0.05) is 74.2 Å². The number of nitrogens with zero attached hydrogens (tertiary/aromatic N) is 5. The van der Waals surface area contributed by atoms with Gasteiger partial charge in [-0.05, 0) is 64.0 Å². The third kappa shape index (κ3) is 5.90. The second-order valence-electron chi connectivity index (χ2n) is 11.6. The van der Waals surface area contributed by atoms with Gasteiger partial charge in [-0.15, -0.1) is 0 Å². The number of hydrogen-bond donors (Lipinski definition) is 2. The summed E-state index contributed by atoms with van der Waals surface area (Å²) in [6.07, 6.45) is 10.0. The summed E-state index contributed by atoms with van der Waals surface area (Å²) >= 11 is 0. The van der Waals surface area contributed by atoms with Crippen LogP contribution in [-0.4, -0.2) is 74.3 Å². The number of nitrogens with one attached hydrogen (secondary N) is 1. The van der Waals surface area contributed by atoms with Crippen LogP contribution in [-0.2, 0) is 0 Å². The molecule has 3 heterocycles. The predicted octanol–water partition coefficient (Wildman–Crippen LogP) is 5.87. The van der Waals surface area contributed by atoms with Gasteiger partial charge in [0.15, 0.2) is 0 Å². The van der Waals surface area contributed by atoms with Crippen LogP contribution in [0.1, 0.15) is 83.9 Å². The van der Waals surface area contributed by atoms with Gasteiger partial charge in [0.2, 0.25) is 5.95 Å². The highest BCUT2D eigenvalue weighted by molar-refractivity contribution is 5.94. The molecule has 38 heavy (non-hydrogen) atoms. The standard InChI is InChI=1S/C31H46N6O/c1-5-6-15-32-31-33-20-28-29(21-37(30(28)34-31)26-11-13-27(38)14-12-26)25-9-7-24(8-10-25)23(4)36-18-16-35(17-19-36)22(2)3/h7-10,20-23,26-27,38H,5-6,11-19H2,1-4H3,(H,32,33,34)/t23-,26?,27?/m0/s1. The summed E-state index contributed by atoms with van der Waals surface area (Å²) in [6, 6.07) is 10.5. The fourth-order valence-corrected chi connectivity index (χ4v) is 6.13. The zero-order valence-corrected chi connectivity index (χ0v) is 23.7. The van der Waals surface area contributed by atoms with E-state index in [1.807, 2.05) is 6.20 Å². The van der Waals surface area contributed by atoms with Crippen LogP contribution in [0.5, 0.6) is 0 Å². The first kappa shape index (κ1) is 27.1. The molecule has 1 saturated heterocycles. The Hall–Kier alpha value is -2.48. The van der Waals surface area contributed by atoms with Gasteiger partial charge >= 0.3 is 0 Å². The molecule has 0 unspecified atom stereocenters. The van der Waals surface area contributed by atoms with Crippen molar-refractivity contribution < 1.29 is 5.11 Å². The first-order valence-electron chi connectivity index (χ1n) is 14.8. The molecule has 1 atom stereocenters. The normalized spacial score (nSPS) is 22.3. The van der Waals surface area contributed by atoms with Crippen LogP contribution < -0.4 is 5.32 Å². The van der Waals surface area contributed by atoms with E-state index in [0.717, 1.165) is 82.3 Å². The van der Waals surface area contributed by atoms with E-state index < -0.39 is 0 Å². The molecule has 206 valence electrons. The Kier molecular flexibility index (Phi) is 8.66. The van der Waals surface area contributed by atoms with Gasteiger partial charge in [-0.1, -0.05) is 37.6 Å². The predicted molar refractivity (Wildman–Crippen MR) is 157 cm³/mol. The Morgan fingerprint density at radius 3 is 2.32 bits per heavy atom. The van der Waals surface area contributed by atoms with Gasteiger partial charge in [0.05, 0.1) is 6.10 Å². The first-order chi connectivity index (χ1) is 18.4. The lowest BCUT2D eigenvalue weighted by Gasteiger charge is -2.40. The monoisotopic (exact) mass is 518 g/mol. The zero-order chi connectivity index (χ0) is 26.6. The van der Waals surface area contributed by atoms with Crippen molar-refractivity contribution in [1.82, 2.24) is 24.3 Å². The van der Waals surface area contributed by atoms with E-state index in [1.54, 1.807) is 0 Å². The van der Waals surface area contributed by atoms with E-state index in [0.29, 0.717) is 24.1 Å². The summed E-state index contributed by atoms with van der Waals surface area (Å²) in [5, 5.41) is 14.6. The number of aromatic nitrogens is 3. The average molecular weight is 519 g/mol. The number of hydrogen-bond acceptors (Lipinski definition) is 6. The topological polar surface area (TPSA) is 69.5 Å². The van der Waals surface area contributed by atoms with E-state index in [2.05, 4.69) is 82.8 Å². The minimum absolute atomic E-state index is 0.170. The largest absolute Gasteiger partial charge is 0.393 e. The molecule has 1 aromatic carbocycles. The molecule has 0 amide bonds. The number of aliphatic hydroxyl groups is 1. The van der Waals surface area contributed by atoms with Crippen LogP contribution in [0, 0.1) is 0 Å². The van der Waals surface area contributed by atoms with Crippen molar-refractivity contribution in [1.29, 1.82) is 0 Å². The van der Waals surface area contributed by atoms with Crippen LogP contribution in [0.3, 0.4) is 0 Å². The summed E-state index contributed by atoms with van der Waals surface area (Å²) in [6.45, 7) is 14.5. The van der Waals surface area contributed by atoms with Crippen molar-refractivity contribution in [2.24, 2.45) is 0 Å². The van der Waals surface area contributed by atoms with E-state index >= 15 is 0 Å². The minimum atomic E-state index is -0.170. The van der Waals surface area contributed by atoms with E-state index in [4.69, 9.17) is 4.98 Å². The van der Waals surface area contributed by atoms with Gasteiger partial charge < -0.3 is 15.0 Å². The second kappa shape index (κ2) is 12.1. The van der Waals surface area contributed by atoms with Crippen LogP contribution in [0.25, 0.3) is 22.2 Å². The van der Waals surface area contributed by atoms with Gasteiger partial charge in [0.25, 0.3) is 0 Å². The second-order valence-corrected chi connectivity index (χ2v) is 11.6. The zero-order valence-electron chi connectivity index (χ0n) is 23.7. The highest BCUT2D eigenvalue weighted by Crippen LogP contribution is 2.37. The minimum Gasteiger partial charge on any atom is -0.393 e. The van der Waals surface area contributed by atoms with Gasteiger partial charge in [-0.2, -0.15) is 4.98 Å². The molecule has 2 aliphatic rings. The molecule has 3 aromatic rings. The fraction of sp³-hybridized carbons (Fsp3) is 0.613. The lowest BCUT2D eigenvalue weighted by molar-refractivity contribution is 0.0834. The fourth-order valence-electron chi connectivity index (χ4n) is 6.13. The van der Waals surface area contributed by atoms with Crippen molar-refractivity contribution in [3.05, 3.63) is 42.2 Å². The lowest BCUT2D eigenvalue weighted by Crippen LogP contribution is -2.49. The van der Waals surface area contributed by atoms with Crippen LogP contribution in [0.4, 0.5) is 5.95 Å². The Bertz CT molecular complexity index is 1170. The molecule has 2 aromatic heterocycles. The molecule has 2 fully saturated rings. The molecule has 0 bridgehead atoms. The third-order valence-electron chi connectivity index (χ3n) is 8.78. The number of benzene rings is 1. The number of unbranched alkanes of at least 4 members (excludes halogenated alkanes) is 1. The molecule has 0 spiro atoms. The molecule has 0 radical (unpaired) electrons. The molecule has 5 rings (SSSR count). The maximum Gasteiger partial charge on any atom is 0.224 e. The van der Waals surface area contributed by atoms with Gasteiger partial charge in [-0.3, -0.25) is 9.80 Å². The van der Waals surface area contributed by atoms with Crippen LogP contribution in [0.2, 0.25) is 0 Å². The average Bonchev–Trinajstić information content (AvgIpc) is 3.32. The summed E-state index contributed by atoms with van der Waals surface area (Å²) < 4.78 is 2.36. The smallest absolute Gasteiger partial charge is 0.224 e. The molecule has 1 aliphatic carbocycles. The van der Waals surface area contributed by atoms with Crippen LogP contribution in [0.15, 0.2) is 36.7 Å². The highest BCUT2D eigenvalue weighted by Gasteiger charge is 2.25. The number of rotatable bonds is 9. The van der Waals surface area contributed by atoms with Crippen LogP contribution >= 0.6 is 0 Å². The van der Waals surface area contributed by atoms with Crippen molar-refractivity contribution in [3.63, 3.8) is 0 Å². The number of aliphatic hydroxyl groups excluding tert-OH is 1. The molecular formula is C31H46N6O. The maximum absolute atomic E-state index is 10.1. The van der Waals surface area contributed by atoms with E-state index in [1.165, 1.54) is 16.7 Å². The maximum atomic E-state index is 10.1. The Balaban J connectivity index is 1.39. The summed E-state index contributed by atoms with van der Waals surface area (Å²) in [5.41, 5.74) is 4.77. The highest BCUT2D eigenvalue weighted by atomic mass is 16.3. The molecule has 1 saturated carbocycles. The van der Waals surface area contributed by atoms with Crippen molar-refractivity contribution >= 4 is 17.0 Å². The third-order valence-corrected chi connectivity index (χ3v) is 8.78. The van der Waals surface area contributed by atoms with Crippen molar-refractivity contribution in [2.75, 3.05) is 38.0 Å². The summed E-state index contributed by atoms with van der Waals surface area (Å²) in [4.78, 5) is 14.8. The Morgan fingerprint density at radius 1 is 0.974 bits per heavy atom. The molecular weight excluding hydrogens is 472 g/mol. The molecule has 2 N–H and O–H groups in total. The molecule has 7 heteroatoms. The van der Waals surface area contributed by atoms with Gasteiger partial charge in [0.1, 0.15) is 5.65 Å². The number of fused-ring (bicyclic) bond motifs is 1. The quantitative estimate of drug-likeness (QED) is 0.345. The Labute approximate surface area is 228 Å². The first-order valence-corrected chi connectivity index (χ1v) is 14.8. The molecule has 7 nitrogen and oxygen atoms in total. The number of anilines is 1. The van der Waals surface area contributed by atoms with Gasteiger partial charge in [-0.25, -0.2) is 4.98 Å². The summed E-state index contributed by atoms with van der Waals surface area (Å²) in [5.74, 6) is 0.703. The summed E-state index contributed by atoms with van der Waals surface area (Å²) in [7, 11) is 0. The van der Waals surface area contributed by atoms with Crippen molar-refractivity contribution in [2.45, 2.75) is 90.4 Å². The van der Waals surface area contributed by atoms with Crippen molar-refractivity contribution in [3.8, 4) is 11.1 Å².